The third-order valence-corrected chi connectivity index (χ3v) is 2.69. The van der Waals surface area contributed by atoms with Gasteiger partial charge < -0.3 is 0 Å². The normalized spacial score (nSPS) is 23.3. The largest absolute Gasteiger partial charge is 0.354 e. The van der Waals surface area contributed by atoms with Crippen molar-refractivity contribution in [3.63, 3.8) is 0 Å². The third kappa shape index (κ3) is 0.993. The summed E-state index contributed by atoms with van der Waals surface area (Å²) in [6.45, 7) is 7.17. The molecule has 0 saturated carbocycles. The number of hydrogen-bond acceptors (Lipinski definition) is 1. The van der Waals surface area contributed by atoms with Gasteiger partial charge in [0.1, 0.15) is 0 Å². The summed E-state index contributed by atoms with van der Waals surface area (Å²) in [5.41, 5.74) is -0.111. The quantitative estimate of drug-likeness (QED) is 0.544. The summed E-state index contributed by atoms with van der Waals surface area (Å²) in [5.74, 6) is 0. The molecule has 0 bridgehead atoms. The fourth-order valence-electron chi connectivity index (χ4n) is 0.785. The lowest BCUT2D eigenvalue weighted by Crippen LogP contribution is -2.33. The molecule has 0 aromatic heterocycles. The zero-order chi connectivity index (χ0) is 8.81. The maximum absolute atomic E-state index is 11.1. The van der Waals surface area contributed by atoms with E-state index in [1.807, 2.05) is 0 Å². The lowest BCUT2D eigenvalue weighted by molar-refractivity contribution is 0.217. The van der Waals surface area contributed by atoms with E-state index in [-0.39, 0.29) is 0 Å². The molecule has 3 nitrogen and oxygen atoms in total. The molecule has 11 heavy (non-hydrogen) atoms. The highest BCUT2D eigenvalue weighted by Crippen LogP contribution is 2.37. The fraction of sp³-hybridized carbons (Fsp3) is 0.500. The van der Waals surface area contributed by atoms with Crippen LogP contribution < -0.4 is 0 Å². The van der Waals surface area contributed by atoms with Crippen molar-refractivity contribution in [2.24, 2.45) is 0 Å². The van der Waals surface area contributed by atoms with Crippen molar-refractivity contribution in [2.75, 3.05) is 0 Å². The average Bonchev–Trinajstić information content (AvgIpc) is 2.06. The summed E-state index contributed by atoms with van der Waals surface area (Å²) in [4.78, 5) is 11.1. The first-order valence-corrected chi connectivity index (χ1v) is 3.72. The van der Waals surface area contributed by atoms with Crippen molar-refractivity contribution in [1.29, 1.82) is 0 Å². The van der Waals surface area contributed by atoms with Crippen molar-refractivity contribution in [1.82, 2.24) is 8.84 Å². The molecule has 5 heteroatoms. The number of carbonyl (C=O) groups is 1. The molecule has 0 aromatic rings. The Morgan fingerprint density at radius 2 is 1.91 bits per heavy atom. The van der Waals surface area contributed by atoms with Crippen LogP contribution in [-0.2, 0) is 0 Å². The minimum atomic E-state index is -0.597. The van der Waals surface area contributed by atoms with Crippen LogP contribution in [-0.4, -0.2) is 20.4 Å². The van der Waals surface area contributed by atoms with Gasteiger partial charge >= 0.3 is 6.03 Å². The van der Waals surface area contributed by atoms with Gasteiger partial charge in [-0.05, 0) is 13.8 Å². The Morgan fingerprint density at radius 3 is 2.00 bits per heavy atom. The maximum atomic E-state index is 11.1. The smallest absolute Gasteiger partial charge is 0.245 e. The Kier molecular flexibility index (Phi) is 1.81. The van der Waals surface area contributed by atoms with E-state index >= 15 is 0 Å². The number of hydrogen-bond donors (Lipinski definition) is 0. The topological polar surface area (TPSA) is 23.6 Å². The Hall–Kier alpha value is -0.410. The molecule has 0 unspecified atom stereocenters. The number of rotatable bonds is 0. The minimum absolute atomic E-state index is 0.455. The van der Waals surface area contributed by atoms with Crippen molar-refractivity contribution in [2.45, 2.75) is 19.4 Å². The van der Waals surface area contributed by atoms with Gasteiger partial charge in [0, 0.05) is 23.6 Å². The molecule has 1 aliphatic heterocycles. The van der Waals surface area contributed by atoms with Crippen LogP contribution in [0.15, 0.2) is 12.3 Å². The van der Waals surface area contributed by atoms with E-state index in [1.54, 1.807) is 13.8 Å². The molecule has 0 atom stereocenters. The number of halogens is 2. The summed E-state index contributed by atoms with van der Waals surface area (Å²) in [6.07, 6.45) is 0. The second-order valence-electron chi connectivity index (χ2n) is 2.85. The Labute approximate surface area is 75.4 Å². The molecular formula is C6H8Cl2N2O. The summed E-state index contributed by atoms with van der Waals surface area (Å²) >= 11 is 11.2. The molecule has 1 heterocycles. The first-order chi connectivity index (χ1) is 4.89. The molecule has 62 valence electrons. The van der Waals surface area contributed by atoms with E-state index in [0.29, 0.717) is 5.70 Å². The van der Waals surface area contributed by atoms with E-state index in [1.165, 1.54) is 0 Å². The van der Waals surface area contributed by atoms with Gasteiger partial charge in [-0.3, -0.25) is 0 Å². The van der Waals surface area contributed by atoms with Crippen LogP contribution in [0.3, 0.4) is 0 Å². The standard InChI is InChI=1S/C6H8Cl2N2O/c1-4-6(2,3)10(8)5(11)9(4)7/h1H2,2-3H3. The second-order valence-corrected chi connectivity index (χ2v) is 3.53. The van der Waals surface area contributed by atoms with Crippen LogP contribution >= 0.6 is 23.6 Å². The molecule has 1 aliphatic rings. The van der Waals surface area contributed by atoms with E-state index in [0.717, 1.165) is 8.84 Å². The molecule has 0 N–H and O–H groups in total. The van der Waals surface area contributed by atoms with Crippen molar-refractivity contribution in [3.8, 4) is 0 Å². The molecule has 0 aromatic carbocycles. The first-order valence-electron chi connectivity index (χ1n) is 3.04. The molecule has 2 amide bonds. The fourth-order valence-corrected chi connectivity index (χ4v) is 1.28. The molecule has 1 saturated heterocycles. The highest BCUT2D eigenvalue weighted by molar-refractivity contribution is 6.30. The zero-order valence-corrected chi connectivity index (χ0v) is 7.78. The lowest BCUT2D eigenvalue weighted by atomic mass is 10.0. The maximum Gasteiger partial charge on any atom is 0.354 e. The van der Waals surface area contributed by atoms with Crippen LogP contribution in [0.25, 0.3) is 0 Å². The predicted octanol–water partition coefficient (Wildman–Crippen LogP) is 2.32. The van der Waals surface area contributed by atoms with Crippen LogP contribution in [0.1, 0.15) is 13.8 Å². The van der Waals surface area contributed by atoms with E-state index in [4.69, 9.17) is 23.6 Å². The van der Waals surface area contributed by atoms with Crippen molar-refractivity contribution >= 4 is 29.6 Å². The number of amides is 2. The van der Waals surface area contributed by atoms with Crippen LogP contribution in [0, 0.1) is 0 Å². The Bertz CT molecular complexity index is 227. The minimum Gasteiger partial charge on any atom is -0.245 e. The summed E-state index contributed by atoms with van der Waals surface area (Å²) in [6, 6.07) is -0.455. The molecular weight excluding hydrogens is 187 g/mol. The van der Waals surface area contributed by atoms with E-state index in [2.05, 4.69) is 6.58 Å². The van der Waals surface area contributed by atoms with Gasteiger partial charge in [0.15, 0.2) is 0 Å². The lowest BCUT2D eigenvalue weighted by Gasteiger charge is -2.22. The molecule has 1 fully saturated rings. The molecule has 0 aliphatic carbocycles. The average molecular weight is 195 g/mol. The first kappa shape index (κ1) is 8.68. The van der Waals surface area contributed by atoms with Gasteiger partial charge in [0.2, 0.25) is 0 Å². The van der Waals surface area contributed by atoms with Gasteiger partial charge in [0.05, 0.1) is 11.2 Å². The van der Waals surface area contributed by atoms with Crippen LogP contribution in [0.2, 0.25) is 0 Å². The second kappa shape index (κ2) is 2.29. The van der Waals surface area contributed by atoms with Crippen LogP contribution in [0.4, 0.5) is 4.79 Å². The number of carbonyl (C=O) groups excluding carboxylic acids is 1. The molecule has 1 rings (SSSR count). The summed E-state index contributed by atoms with van der Waals surface area (Å²) in [7, 11) is 0. The number of urea groups is 1. The highest BCUT2D eigenvalue weighted by Gasteiger charge is 2.46. The van der Waals surface area contributed by atoms with Gasteiger partial charge in [-0.2, -0.15) is 0 Å². The Morgan fingerprint density at radius 1 is 1.45 bits per heavy atom. The van der Waals surface area contributed by atoms with Gasteiger partial charge in [-0.1, -0.05) is 6.58 Å². The van der Waals surface area contributed by atoms with E-state index in [9.17, 15) is 4.79 Å². The van der Waals surface area contributed by atoms with Crippen molar-refractivity contribution in [3.05, 3.63) is 12.3 Å². The van der Waals surface area contributed by atoms with E-state index < -0.39 is 11.6 Å². The summed E-state index contributed by atoms with van der Waals surface area (Å²) < 4.78 is 1.95. The SMILES string of the molecule is C=C1N(Cl)C(=O)N(Cl)C1(C)C. The van der Waals surface area contributed by atoms with Crippen molar-refractivity contribution < 1.29 is 4.79 Å². The zero-order valence-electron chi connectivity index (χ0n) is 6.27. The molecule has 0 radical (unpaired) electrons. The molecule has 0 spiro atoms. The third-order valence-electron chi connectivity index (χ3n) is 1.77. The monoisotopic (exact) mass is 194 g/mol. The van der Waals surface area contributed by atoms with Gasteiger partial charge in [-0.25, -0.2) is 13.6 Å². The van der Waals surface area contributed by atoms with Gasteiger partial charge in [0.25, 0.3) is 0 Å². The predicted molar refractivity (Wildman–Crippen MR) is 44.0 cm³/mol. The van der Waals surface area contributed by atoms with Crippen LogP contribution in [0.5, 0.6) is 0 Å². The Balaban J connectivity index is 3.06. The highest BCUT2D eigenvalue weighted by atomic mass is 35.5. The number of nitrogens with zero attached hydrogens (tertiary/aromatic N) is 2. The summed E-state index contributed by atoms with van der Waals surface area (Å²) in [5, 5.41) is 0. The van der Waals surface area contributed by atoms with Gasteiger partial charge in [-0.15, -0.1) is 0 Å².